The molecule has 0 aliphatic heterocycles. The van der Waals surface area contributed by atoms with Gasteiger partial charge in [0.25, 0.3) is 0 Å². The van der Waals surface area contributed by atoms with Gasteiger partial charge in [0.05, 0.1) is 26.4 Å². The van der Waals surface area contributed by atoms with Crippen molar-refractivity contribution in [2.75, 3.05) is 39.6 Å². The third kappa shape index (κ3) is 62.6. The summed E-state index contributed by atoms with van der Waals surface area (Å²) in [5.41, 5.74) is 0. The Morgan fingerprint density at radius 3 is 0.782 bits per heavy atom. The molecule has 5 atom stereocenters. The molecule has 0 heterocycles. The number of ether oxygens (including phenoxy) is 4. The van der Waals surface area contributed by atoms with Gasteiger partial charge < -0.3 is 33.8 Å². The molecule has 0 aromatic heterocycles. The molecule has 19 heteroatoms. The van der Waals surface area contributed by atoms with Gasteiger partial charge in [-0.15, -0.1) is 0 Å². The molecule has 0 aromatic carbocycles. The first-order valence-electron chi connectivity index (χ1n) is 35.6. The number of phosphoric ester groups is 2. The van der Waals surface area contributed by atoms with E-state index in [0.29, 0.717) is 25.7 Å². The molecule has 0 saturated carbocycles. The van der Waals surface area contributed by atoms with Gasteiger partial charge in [0.15, 0.2) is 12.2 Å². The van der Waals surface area contributed by atoms with Crippen molar-refractivity contribution < 1.29 is 80.2 Å². The summed E-state index contributed by atoms with van der Waals surface area (Å²) < 4.78 is 68.1. The lowest BCUT2D eigenvalue weighted by Crippen LogP contribution is -2.30. The van der Waals surface area contributed by atoms with E-state index in [0.717, 1.165) is 95.8 Å². The fourth-order valence-corrected chi connectivity index (χ4v) is 11.9. The second kappa shape index (κ2) is 61.6. The lowest BCUT2D eigenvalue weighted by molar-refractivity contribution is -0.161. The Kier molecular flexibility index (Phi) is 60.2. The van der Waals surface area contributed by atoms with Gasteiger partial charge in [-0.25, -0.2) is 9.13 Å². The minimum Gasteiger partial charge on any atom is -0.462 e. The van der Waals surface area contributed by atoms with Crippen LogP contribution < -0.4 is 0 Å². The molecular formula is C68H132O17P2. The number of carbonyl (C=O) groups is 4. The highest BCUT2D eigenvalue weighted by Gasteiger charge is 2.30. The first kappa shape index (κ1) is 85.1. The molecule has 0 aliphatic rings. The molecule has 0 radical (unpaired) electrons. The third-order valence-corrected chi connectivity index (χ3v) is 17.7. The summed E-state index contributed by atoms with van der Waals surface area (Å²) in [6.45, 7) is 7.23. The Balaban J connectivity index is 5.20. The van der Waals surface area contributed by atoms with Gasteiger partial charge in [0.2, 0.25) is 0 Å². The predicted molar refractivity (Wildman–Crippen MR) is 349 cm³/mol. The first-order chi connectivity index (χ1) is 42.0. The summed E-state index contributed by atoms with van der Waals surface area (Å²) >= 11 is 0. The fraction of sp³-hybridized carbons (Fsp3) is 0.941. The van der Waals surface area contributed by atoms with Gasteiger partial charge in [0, 0.05) is 25.7 Å². The Hall–Kier alpha value is -1.94. The quantitative estimate of drug-likeness (QED) is 0.0222. The van der Waals surface area contributed by atoms with E-state index >= 15 is 0 Å². The van der Waals surface area contributed by atoms with Crippen LogP contribution in [0.4, 0.5) is 0 Å². The van der Waals surface area contributed by atoms with E-state index in [2.05, 4.69) is 34.6 Å². The zero-order chi connectivity index (χ0) is 64.2. The second-order valence-corrected chi connectivity index (χ2v) is 27.9. The van der Waals surface area contributed by atoms with E-state index in [1.54, 1.807) is 0 Å². The van der Waals surface area contributed by atoms with Crippen molar-refractivity contribution >= 4 is 39.5 Å². The molecule has 0 saturated heterocycles. The maximum absolute atomic E-state index is 13.0. The Morgan fingerprint density at radius 1 is 0.310 bits per heavy atom. The zero-order valence-corrected chi connectivity index (χ0v) is 57.9. The van der Waals surface area contributed by atoms with Gasteiger partial charge in [-0.1, -0.05) is 298 Å². The Morgan fingerprint density at radius 2 is 0.529 bits per heavy atom. The molecule has 0 aromatic rings. The molecule has 0 bridgehead atoms. The molecular weight excluding hydrogens is 1150 g/mol. The number of unbranched alkanes of at least 4 members (excludes halogenated alkanes) is 40. The van der Waals surface area contributed by atoms with Crippen LogP contribution in [0.1, 0.15) is 349 Å². The molecule has 0 spiro atoms. The second-order valence-electron chi connectivity index (χ2n) is 25.0. The largest absolute Gasteiger partial charge is 0.472 e. The maximum Gasteiger partial charge on any atom is 0.472 e. The van der Waals surface area contributed by atoms with Crippen LogP contribution in [-0.4, -0.2) is 96.7 Å². The number of aliphatic hydroxyl groups is 1. The summed E-state index contributed by atoms with van der Waals surface area (Å²) in [5, 5.41) is 10.6. The highest BCUT2D eigenvalue weighted by molar-refractivity contribution is 7.47. The van der Waals surface area contributed by atoms with Gasteiger partial charge in [-0.2, -0.15) is 0 Å². The highest BCUT2D eigenvalue weighted by atomic mass is 31.2. The number of rotatable bonds is 68. The van der Waals surface area contributed by atoms with E-state index < -0.39 is 97.5 Å². The number of hydrogen-bond donors (Lipinski definition) is 3. The molecule has 17 nitrogen and oxygen atoms in total. The summed E-state index contributed by atoms with van der Waals surface area (Å²) in [6, 6.07) is 0. The highest BCUT2D eigenvalue weighted by Crippen LogP contribution is 2.45. The summed E-state index contributed by atoms with van der Waals surface area (Å²) in [6.07, 6.45) is 47.1. The standard InChI is InChI=1S/C68H132O17P2/c1-6-9-12-15-18-21-31-36-41-46-51-65(70)78-57-63(84-67(72)53-48-43-38-33-23-20-17-14-11-8-3)59-82-86(74,75)80-55-62(69)56-81-87(76,77)83-60-64(58-79-66(71)52-47-42-37-32-22-19-16-13-10-7-2)85-68(73)54-49-44-39-34-29-27-25-24-26-28-30-35-40-45-50-61(4)5/h61-64,69H,6-60H2,1-5H3,(H,74,75)(H,76,77)/t62-,63+,64+/m0/s1. The minimum atomic E-state index is -4.95. The molecule has 0 amide bonds. The summed E-state index contributed by atoms with van der Waals surface area (Å²) in [4.78, 5) is 72.3. The zero-order valence-electron chi connectivity index (χ0n) is 56.2. The van der Waals surface area contributed by atoms with E-state index in [-0.39, 0.29) is 25.7 Å². The van der Waals surface area contributed by atoms with E-state index in [4.69, 9.17) is 37.0 Å². The SMILES string of the molecule is CCCCCCCCCCCCC(=O)OC[C@H](COP(=O)(O)OC[C@H](O)COP(=O)(O)OC[C@@H](COC(=O)CCCCCCCCCCCC)OC(=O)CCCCCCCCCCCCCCCCC(C)C)OC(=O)CCCCCCCCCCCC. The van der Waals surface area contributed by atoms with Crippen LogP contribution in [0.2, 0.25) is 0 Å². The lowest BCUT2D eigenvalue weighted by Gasteiger charge is -2.21. The van der Waals surface area contributed by atoms with Crippen molar-refractivity contribution in [3.8, 4) is 0 Å². The predicted octanol–water partition coefficient (Wildman–Crippen LogP) is 19.4. The Labute approximate surface area is 530 Å². The van der Waals surface area contributed by atoms with Gasteiger partial charge in [0.1, 0.15) is 19.3 Å². The van der Waals surface area contributed by atoms with Crippen molar-refractivity contribution in [2.24, 2.45) is 5.92 Å². The molecule has 2 unspecified atom stereocenters. The van der Waals surface area contributed by atoms with Crippen LogP contribution in [0.15, 0.2) is 0 Å². The van der Waals surface area contributed by atoms with Crippen LogP contribution >= 0.6 is 15.6 Å². The van der Waals surface area contributed by atoms with Crippen LogP contribution in [0.25, 0.3) is 0 Å². The average Bonchev–Trinajstić information content (AvgIpc) is 3.57. The number of carbonyl (C=O) groups excluding carboxylic acids is 4. The van der Waals surface area contributed by atoms with Crippen LogP contribution in [0.5, 0.6) is 0 Å². The number of esters is 4. The van der Waals surface area contributed by atoms with Crippen LogP contribution in [0.3, 0.4) is 0 Å². The van der Waals surface area contributed by atoms with E-state index in [1.807, 2.05) is 0 Å². The normalized spacial score (nSPS) is 14.1. The van der Waals surface area contributed by atoms with Crippen molar-refractivity contribution in [3.63, 3.8) is 0 Å². The smallest absolute Gasteiger partial charge is 0.462 e. The topological polar surface area (TPSA) is 237 Å². The molecule has 0 fully saturated rings. The number of hydrogen-bond acceptors (Lipinski definition) is 15. The van der Waals surface area contributed by atoms with Gasteiger partial charge >= 0.3 is 39.5 Å². The monoisotopic (exact) mass is 1280 g/mol. The Bertz CT molecular complexity index is 1690. The molecule has 0 rings (SSSR count). The van der Waals surface area contributed by atoms with Gasteiger partial charge in [-0.3, -0.25) is 37.3 Å². The van der Waals surface area contributed by atoms with E-state index in [1.165, 1.54) is 173 Å². The summed E-state index contributed by atoms with van der Waals surface area (Å²) in [5.74, 6) is -1.33. The first-order valence-corrected chi connectivity index (χ1v) is 38.6. The number of aliphatic hydroxyl groups excluding tert-OH is 1. The summed E-state index contributed by atoms with van der Waals surface area (Å²) in [7, 11) is -9.89. The fourth-order valence-electron chi connectivity index (χ4n) is 10.3. The maximum atomic E-state index is 13.0. The minimum absolute atomic E-state index is 0.107. The van der Waals surface area contributed by atoms with E-state index in [9.17, 15) is 43.2 Å². The van der Waals surface area contributed by atoms with Crippen molar-refractivity contribution in [2.45, 2.75) is 368 Å². The molecule has 87 heavy (non-hydrogen) atoms. The van der Waals surface area contributed by atoms with Crippen LogP contribution in [-0.2, 0) is 65.4 Å². The van der Waals surface area contributed by atoms with Crippen molar-refractivity contribution in [3.05, 3.63) is 0 Å². The molecule has 516 valence electrons. The number of phosphoric acid groups is 2. The third-order valence-electron chi connectivity index (χ3n) is 15.8. The van der Waals surface area contributed by atoms with Gasteiger partial charge in [-0.05, 0) is 31.6 Å². The molecule has 0 aliphatic carbocycles. The average molecular weight is 1280 g/mol. The van der Waals surface area contributed by atoms with Crippen molar-refractivity contribution in [1.82, 2.24) is 0 Å². The lowest BCUT2D eigenvalue weighted by atomic mass is 10.0. The van der Waals surface area contributed by atoms with Crippen molar-refractivity contribution in [1.29, 1.82) is 0 Å². The van der Waals surface area contributed by atoms with Crippen LogP contribution in [0, 0.1) is 5.92 Å². The molecule has 3 N–H and O–H groups in total.